The normalized spacial score (nSPS) is 15.1. The minimum atomic E-state index is -0.127. The summed E-state index contributed by atoms with van der Waals surface area (Å²) >= 11 is 0. The maximum Gasteiger partial charge on any atom is 0.256 e. The number of ether oxygens (including phenoxy) is 2. The summed E-state index contributed by atoms with van der Waals surface area (Å²) in [7, 11) is 6.72. The lowest BCUT2D eigenvalue weighted by atomic mass is 9.99. The number of carbonyl (C=O) groups is 1. The van der Waals surface area contributed by atoms with Gasteiger partial charge in [-0.05, 0) is 23.8 Å². The minimum absolute atomic E-state index is 0.127. The van der Waals surface area contributed by atoms with E-state index in [2.05, 4.69) is 5.32 Å². The number of amides is 1. The highest BCUT2D eigenvalue weighted by molar-refractivity contribution is 6.34. The Morgan fingerprint density at radius 3 is 2.19 bits per heavy atom. The molecule has 0 aromatic heterocycles. The first-order valence-corrected chi connectivity index (χ1v) is 10.2. The van der Waals surface area contributed by atoms with Gasteiger partial charge in [-0.1, -0.05) is 54.6 Å². The van der Waals surface area contributed by atoms with Crippen LogP contribution in [0, 0.1) is 0 Å². The van der Waals surface area contributed by atoms with Crippen molar-refractivity contribution >= 4 is 28.6 Å². The predicted molar refractivity (Wildman–Crippen MR) is 128 cm³/mol. The Balaban J connectivity index is 2.04. The van der Waals surface area contributed by atoms with Gasteiger partial charge < -0.3 is 19.7 Å². The van der Waals surface area contributed by atoms with Crippen LogP contribution in [0.5, 0.6) is 11.5 Å². The van der Waals surface area contributed by atoms with Gasteiger partial charge in [0.05, 0.1) is 36.9 Å². The maximum atomic E-state index is 13.4. The van der Waals surface area contributed by atoms with E-state index in [1.807, 2.05) is 72.8 Å². The molecular weight excluding hydrogens is 402 g/mol. The van der Waals surface area contributed by atoms with Gasteiger partial charge in [0.1, 0.15) is 17.2 Å². The van der Waals surface area contributed by atoms with Crippen LogP contribution >= 0.6 is 0 Å². The molecule has 0 unspecified atom stereocenters. The Labute approximate surface area is 187 Å². The lowest BCUT2D eigenvalue weighted by molar-refractivity contribution is -0.122. The predicted octanol–water partition coefficient (Wildman–Crippen LogP) is 4.75. The van der Waals surface area contributed by atoms with Gasteiger partial charge in [-0.25, -0.2) is 4.99 Å². The van der Waals surface area contributed by atoms with Gasteiger partial charge in [0.2, 0.25) is 0 Å². The summed E-state index contributed by atoms with van der Waals surface area (Å²) in [4.78, 5) is 19.9. The number of para-hydroxylation sites is 3. The molecule has 162 valence electrons. The van der Waals surface area contributed by atoms with E-state index in [0.29, 0.717) is 34.2 Å². The zero-order valence-electron chi connectivity index (χ0n) is 18.5. The number of hydrogen-bond acceptors (Lipinski definition) is 5. The van der Waals surface area contributed by atoms with Gasteiger partial charge in [-0.15, -0.1) is 0 Å². The summed E-state index contributed by atoms with van der Waals surface area (Å²) in [6.45, 7) is 0. The zero-order valence-corrected chi connectivity index (χ0v) is 18.5. The molecule has 1 aliphatic rings. The number of nitrogens with one attached hydrogen (secondary N) is 1. The molecule has 4 rings (SSSR count). The molecule has 0 spiro atoms. The number of anilines is 1. The second-order valence-corrected chi connectivity index (χ2v) is 7.46. The van der Waals surface area contributed by atoms with Crippen molar-refractivity contribution in [2.75, 3.05) is 33.6 Å². The first-order chi connectivity index (χ1) is 15.5. The molecule has 6 nitrogen and oxygen atoms in total. The van der Waals surface area contributed by atoms with Gasteiger partial charge in [-0.2, -0.15) is 0 Å². The number of likely N-dealkylation sites (N-methyl/N-ethyl adjacent to an activating group) is 1. The molecule has 0 saturated carbocycles. The molecule has 32 heavy (non-hydrogen) atoms. The van der Waals surface area contributed by atoms with Crippen LogP contribution in [0.2, 0.25) is 0 Å². The van der Waals surface area contributed by atoms with Gasteiger partial charge >= 0.3 is 0 Å². The molecular formula is C26H25N3O3. The van der Waals surface area contributed by atoms with E-state index in [4.69, 9.17) is 14.5 Å². The molecule has 0 aliphatic carbocycles. The smallest absolute Gasteiger partial charge is 0.256 e. The van der Waals surface area contributed by atoms with E-state index in [-0.39, 0.29) is 5.91 Å². The highest BCUT2D eigenvalue weighted by Crippen LogP contribution is 2.41. The Kier molecular flexibility index (Phi) is 5.94. The first kappa shape index (κ1) is 21.2. The average molecular weight is 428 g/mol. The summed E-state index contributed by atoms with van der Waals surface area (Å²) in [5.41, 5.74) is 4.90. The third kappa shape index (κ3) is 3.83. The summed E-state index contributed by atoms with van der Waals surface area (Å²) in [6.07, 6.45) is 0. The average Bonchev–Trinajstić information content (AvgIpc) is 3.18. The topological polar surface area (TPSA) is 63.2 Å². The Hall–Kier alpha value is -4.06. The van der Waals surface area contributed by atoms with Crippen molar-refractivity contribution in [1.29, 1.82) is 0 Å². The lowest BCUT2D eigenvalue weighted by Crippen LogP contribution is -2.25. The summed E-state index contributed by atoms with van der Waals surface area (Å²) in [5.74, 6) is 1.20. The van der Waals surface area contributed by atoms with Crippen molar-refractivity contribution in [3.63, 3.8) is 0 Å². The number of methoxy groups -OCH3 is 2. The molecule has 1 heterocycles. The summed E-state index contributed by atoms with van der Waals surface area (Å²) < 4.78 is 11.1. The van der Waals surface area contributed by atoms with Gasteiger partial charge in [0.15, 0.2) is 0 Å². The Morgan fingerprint density at radius 2 is 1.50 bits per heavy atom. The molecule has 0 fully saturated rings. The fourth-order valence-electron chi connectivity index (χ4n) is 3.69. The van der Waals surface area contributed by atoms with Crippen molar-refractivity contribution in [2.24, 2.45) is 4.99 Å². The first-order valence-electron chi connectivity index (χ1n) is 10.2. The van der Waals surface area contributed by atoms with E-state index in [1.54, 1.807) is 33.2 Å². The van der Waals surface area contributed by atoms with Gasteiger partial charge in [0.25, 0.3) is 5.91 Å². The third-order valence-corrected chi connectivity index (χ3v) is 5.24. The van der Waals surface area contributed by atoms with Crippen LogP contribution in [0.1, 0.15) is 11.1 Å². The standard InChI is InChI=1S/C26H25N3O3/c1-29(2)26(30)22(17-11-6-5-7-12-17)25-24(27-19-14-8-9-15-20(19)31-3)18-13-10-16-21(32-4)23(18)28-25/h5-16,28H,1-4H3/b25-22+,27-24?. The fourth-order valence-corrected chi connectivity index (χ4v) is 3.69. The Bertz CT molecular complexity index is 1210. The molecule has 0 saturated heterocycles. The number of rotatable bonds is 5. The van der Waals surface area contributed by atoms with E-state index >= 15 is 0 Å². The summed E-state index contributed by atoms with van der Waals surface area (Å²) in [5, 5.41) is 3.43. The number of hydrogen-bond donors (Lipinski definition) is 1. The monoisotopic (exact) mass is 427 g/mol. The van der Waals surface area contributed by atoms with Crippen molar-refractivity contribution in [2.45, 2.75) is 0 Å². The van der Waals surface area contributed by atoms with E-state index < -0.39 is 0 Å². The van der Waals surface area contributed by atoms with Crippen molar-refractivity contribution < 1.29 is 14.3 Å². The SMILES string of the molecule is COc1ccccc1N=C1/C(=C(\C(=O)N(C)C)c2ccccc2)Nc2c(OC)cccc21. The highest BCUT2D eigenvalue weighted by atomic mass is 16.5. The van der Waals surface area contributed by atoms with Crippen molar-refractivity contribution in [1.82, 2.24) is 4.90 Å². The van der Waals surface area contributed by atoms with Crippen LogP contribution in [0.3, 0.4) is 0 Å². The molecule has 1 aliphatic heterocycles. The molecule has 3 aromatic carbocycles. The second-order valence-electron chi connectivity index (χ2n) is 7.46. The highest BCUT2D eigenvalue weighted by Gasteiger charge is 2.32. The zero-order chi connectivity index (χ0) is 22.7. The van der Waals surface area contributed by atoms with Crippen molar-refractivity contribution in [3.8, 4) is 11.5 Å². The molecule has 1 amide bonds. The molecule has 0 bridgehead atoms. The molecule has 6 heteroatoms. The van der Waals surface area contributed by atoms with Crippen LogP contribution in [0.4, 0.5) is 11.4 Å². The van der Waals surface area contributed by atoms with Crippen LogP contribution in [-0.4, -0.2) is 44.8 Å². The van der Waals surface area contributed by atoms with Crippen LogP contribution in [-0.2, 0) is 4.79 Å². The number of aliphatic imine (C=N–C) groups is 1. The van der Waals surface area contributed by atoms with Gasteiger partial charge in [0, 0.05) is 19.7 Å². The van der Waals surface area contributed by atoms with Crippen LogP contribution < -0.4 is 14.8 Å². The maximum absolute atomic E-state index is 13.4. The van der Waals surface area contributed by atoms with Crippen LogP contribution in [0.25, 0.3) is 5.57 Å². The largest absolute Gasteiger partial charge is 0.495 e. The number of benzene rings is 3. The van der Waals surface area contributed by atoms with Gasteiger partial charge in [-0.3, -0.25) is 4.79 Å². The fraction of sp³-hybridized carbons (Fsp3) is 0.154. The quantitative estimate of drug-likeness (QED) is 0.597. The number of fused-ring (bicyclic) bond motifs is 1. The number of nitrogens with zero attached hydrogens (tertiary/aromatic N) is 2. The minimum Gasteiger partial charge on any atom is -0.495 e. The second kappa shape index (κ2) is 8.98. The third-order valence-electron chi connectivity index (χ3n) is 5.24. The Morgan fingerprint density at radius 1 is 0.844 bits per heavy atom. The number of carbonyl (C=O) groups excluding carboxylic acids is 1. The van der Waals surface area contributed by atoms with Crippen molar-refractivity contribution in [3.05, 3.63) is 89.6 Å². The molecule has 3 aromatic rings. The molecule has 0 radical (unpaired) electrons. The molecule has 1 N–H and O–H groups in total. The van der Waals surface area contributed by atoms with E-state index in [1.165, 1.54) is 0 Å². The molecule has 0 atom stereocenters. The van der Waals surface area contributed by atoms with E-state index in [9.17, 15) is 4.79 Å². The van der Waals surface area contributed by atoms with Crippen LogP contribution in [0.15, 0.2) is 83.5 Å². The number of allylic oxidation sites excluding steroid dienone is 1. The van der Waals surface area contributed by atoms with E-state index in [0.717, 1.165) is 16.8 Å². The lowest BCUT2D eigenvalue weighted by Gasteiger charge is -2.17. The summed E-state index contributed by atoms with van der Waals surface area (Å²) in [6, 6.07) is 22.9.